The molecular weight excluding hydrogens is 390 g/mol. The van der Waals surface area contributed by atoms with Gasteiger partial charge >= 0.3 is 5.97 Å². The Morgan fingerprint density at radius 3 is 2.45 bits per heavy atom. The highest BCUT2D eigenvalue weighted by Crippen LogP contribution is 2.19. The van der Waals surface area contributed by atoms with E-state index >= 15 is 0 Å². The fourth-order valence-electron chi connectivity index (χ4n) is 3.38. The van der Waals surface area contributed by atoms with Crippen LogP contribution >= 0.6 is 0 Å². The normalized spacial score (nSPS) is 11.6. The molecule has 4 rings (SSSR count). The number of imidazole rings is 1. The molecule has 0 saturated carbocycles. The Bertz CT molecular complexity index is 1240. The van der Waals surface area contributed by atoms with Crippen LogP contribution in [-0.2, 0) is 16.0 Å². The summed E-state index contributed by atoms with van der Waals surface area (Å²) in [4.78, 5) is 32.6. The number of nitrogens with zero attached hydrogens (tertiary/aromatic N) is 2. The quantitative estimate of drug-likeness (QED) is 0.462. The number of carbonyl (C=O) groups excluding carboxylic acids is 2. The van der Waals surface area contributed by atoms with Crippen molar-refractivity contribution in [2.75, 3.05) is 6.61 Å². The van der Waals surface area contributed by atoms with Gasteiger partial charge in [0.05, 0.1) is 22.7 Å². The van der Waals surface area contributed by atoms with Crippen LogP contribution in [0.15, 0.2) is 78.9 Å². The number of carbonyl (C=O) groups is 2. The SMILES string of the molecule is N#CC(C(=O)COC(=O)c1ccccc1Cc1ccccc1)c1nc2ccccc2[nH]1. The molecule has 6 nitrogen and oxygen atoms in total. The zero-order valence-electron chi connectivity index (χ0n) is 16.6. The number of H-pyrrole nitrogens is 1. The summed E-state index contributed by atoms with van der Waals surface area (Å²) in [6, 6.07) is 26.1. The predicted molar refractivity (Wildman–Crippen MR) is 115 cm³/mol. The van der Waals surface area contributed by atoms with Gasteiger partial charge in [0.25, 0.3) is 0 Å². The summed E-state index contributed by atoms with van der Waals surface area (Å²) in [6.07, 6.45) is 0.569. The predicted octanol–water partition coefficient (Wildman–Crippen LogP) is 4.19. The lowest BCUT2D eigenvalue weighted by Crippen LogP contribution is -2.21. The van der Waals surface area contributed by atoms with E-state index in [9.17, 15) is 14.9 Å². The number of hydrogen-bond acceptors (Lipinski definition) is 5. The van der Waals surface area contributed by atoms with Gasteiger partial charge in [-0.1, -0.05) is 60.7 Å². The van der Waals surface area contributed by atoms with Crippen molar-refractivity contribution in [2.45, 2.75) is 12.3 Å². The molecule has 1 N–H and O–H groups in total. The van der Waals surface area contributed by atoms with Gasteiger partial charge in [0.1, 0.15) is 5.82 Å². The third-order valence-electron chi connectivity index (χ3n) is 4.95. The number of hydrogen-bond donors (Lipinski definition) is 1. The first kappa shape index (κ1) is 20.0. The summed E-state index contributed by atoms with van der Waals surface area (Å²) in [5.74, 6) is -2.02. The van der Waals surface area contributed by atoms with Crippen LogP contribution in [0.4, 0.5) is 0 Å². The molecule has 1 atom stereocenters. The highest BCUT2D eigenvalue weighted by atomic mass is 16.5. The Kier molecular flexibility index (Phi) is 5.86. The van der Waals surface area contributed by atoms with Crippen molar-refractivity contribution in [3.63, 3.8) is 0 Å². The summed E-state index contributed by atoms with van der Waals surface area (Å²) < 4.78 is 5.27. The third kappa shape index (κ3) is 4.51. The molecule has 0 aliphatic heterocycles. The van der Waals surface area contributed by atoms with Gasteiger partial charge in [0, 0.05) is 0 Å². The first-order valence-corrected chi connectivity index (χ1v) is 9.81. The van der Waals surface area contributed by atoms with Crippen LogP contribution in [0.5, 0.6) is 0 Å². The molecule has 1 heterocycles. The van der Waals surface area contributed by atoms with Crippen molar-refractivity contribution in [3.05, 3.63) is 101 Å². The molecular formula is C25H19N3O3. The summed E-state index contributed by atoms with van der Waals surface area (Å²) in [7, 11) is 0. The molecule has 4 aromatic rings. The molecule has 0 amide bonds. The van der Waals surface area contributed by atoms with Gasteiger partial charge in [-0.15, -0.1) is 0 Å². The van der Waals surface area contributed by atoms with Crippen molar-refractivity contribution < 1.29 is 14.3 Å². The van der Waals surface area contributed by atoms with Crippen molar-refractivity contribution in [1.82, 2.24) is 9.97 Å². The Labute approximate surface area is 179 Å². The van der Waals surface area contributed by atoms with Gasteiger partial charge in [0.15, 0.2) is 18.3 Å². The summed E-state index contributed by atoms with van der Waals surface area (Å²) in [5.41, 5.74) is 3.67. The van der Waals surface area contributed by atoms with E-state index in [1.165, 1.54) is 0 Å². The Hall–Kier alpha value is -4.24. The van der Waals surface area contributed by atoms with Crippen LogP contribution in [0.25, 0.3) is 11.0 Å². The number of benzene rings is 3. The van der Waals surface area contributed by atoms with E-state index in [2.05, 4.69) is 9.97 Å². The standard InChI is InChI=1S/C25H19N3O3/c26-15-20(24-27-21-12-6-7-13-22(21)28-24)23(29)16-31-25(30)19-11-5-4-10-18(19)14-17-8-2-1-3-9-17/h1-13,20H,14,16H2,(H,27,28). The number of Topliss-reactive ketones (excluding diaryl/α,β-unsaturated/α-hetero) is 1. The molecule has 0 aliphatic carbocycles. The number of ether oxygens (including phenoxy) is 1. The van der Waals surface area contributed by atoms with E-state index in [0.29, 0.717) is 17.5 Å². The van der Waals surface area contributed by atoms with Gasteiger partial charge in [-0.3, -0.25) is 4.79 Å². The van der Waals surface area contributed by atoms with Crippen molar-refractivity contribution in [3.8, 4) is 6.07 Å². The maximum atomic E-state index is 12.7. The van der Waals surface area contributed by atoms with Crippen LogP contribution in [0.1, 0.15) is 33.2 Å². The second kappa shape index (κ2) is 9.06. The Balaban J connectivity index is 1.46. The molecule has 0 fully saturated rings. The van der Waals surface area contributed by atoms with Crippen LogP contribution in [0.2, 0.25) is 0 Å². The largest absolute Gasteiger partial charge is 0.454 e. The van der Waals surface area contributed by atoms with Crippen LogP contribution in [-0.4, -0.2) is 28.3 Å². The molecule has 1 aromatic heterocycles. The zero-order chi connectivity index (χ0) is 21.6. The highest BCUT2D eigenvalue weighted by Gasteiger charge is 2.25. The Morgan fingerprint density at radius 2 is 1.68 bits per heavy atom. The van der Waals surface area contributed by atoms with Gasteiger partial charge < -0.3 is 9.72 Å². The fourth-order valence-corrected chi connectivity index (χ4v) is 3.38. The number of esters is 1. The number of rotatable bonds is 7. The van der Waals surface area contributed by atoms with E-state index in [-0.39, 0.29) is 5.82 Å². The topological polar surface area (TPSA) is 95.8 Å². The van der Waals surface area contributed by atoms with Crippen molar-refractivity contribution in [1.29, 1.82) is 5.26 Å². The van der Waals surface area contributed by atoms with E-state index in [0.717, 1.165) is 16.6 Å². The number of nitrogens with one attached hydrogen (secondary N) is 1. The minimum absolute atomic E-state index is 0.245. The molecule has 0 aliphatic rings. The molecule has 31 heavy (non-hydrogen) atoms. The van der Waals surface area contributed by atoms with E-state index in [1.54, 1.807) is 18.2 Å². The fraction of sp³-hybridized carbons (Fsp3) is 0.120. The van der Waals surface area contributed by atoms with E-state index in [1.807, 2.05) is 66.7 Å². The van der Waals surface area contributed by atoms with E-state index < -0.39 is 24.3 Å². The van der Waals surface area contributed by atoms with Gasteiger partial charge in [-0.2, -0.15) is 5.26 Å². The first-order valence-electron chi connectivity index (χ1n) is 9.81. The lowest BCUT2D eigenvalue weighted by Gasteiger charge is -2.10. The van der Waals surface area contributed by atoms with Crippen LogP contribution in [0, 0.1) is 11.3 Å². The lowest BCUT2D eigenvalue weighted by molar-refractivity contribution is -0.122. The van der Waals surface area contributed by atoms with E-state index in [4.69, 9.17) is 4.74 Å². The molecule has 6 heteroatoms. The minimum Gasteiger partial charge on any atom is -0.454 e. The average molecular weight is 409 g/mol. The molecule has 0 saturated heterocycles. The number of ketones is 1. The second-order valence-electron chi connectivity index (χ2n) is 7.06. The van der Waals surface area contributed by atoms with Crippen molar-refractivity contribution >= 4 is 22.8 Å². The minimum atomic E-state index is -1.14. The average Bonchev–Trinajstić information content (AvgIpc) is 3.23. The molecule has 1 unspecified atom stereocenters. The van der Waals surface area contributed by atoms with Crippen LogP contribution < -0.4 is 0 Å². The summed E-state index contributed by atoms with van der Waals surface area (Å²) in [6.45, 7) is -0.506. The van der Waals surface area contributed by atoms with Gasteiger partial charge in [0.2, 0.25) is 0 Å². The summed E-state index contributed by atoms with van der Waals surface area (Å²) in [5, 5.41) is 9.49. The highest BCUT2D eigenvalue weighted by molar-refractivity contribution is 5.95. The van der Waals surface area contributed by atoms with Gasteiger partial charge in [-0.25, -0.2) is 9.78 Å². The van der Waals surface area contributed by atoms with Crippen molar-refractivity contribution in [2.24, 2.45) is 0 Å². The molecule has 0 spiro atoms. The molecule has 0 bridgehead atoms. The van der Waals surface area contributed by atoms with Gasteiger partial charge in [-0.05, 0) is 35.7 Å². The molecule has 0 radical (unpaired) electrons. The molecule has 152 valence electrons. The number of aromatic amines is 1. The maximum Gasteiger partial charge on any atom is 0.338 e. The summed E-state index contributed by atoms with van der Waals surface area (Å²) >= 11 is 0. The Morgan fingerprint density at radius 1 is 0.968 bits per heavy atom. The smallest absolute Gasteiger partial charge is 0.338 e. The monoisotopic (exact) mass is 409 g/mol. The number of nitriles is 1. The number of para-hydroxylation sites is 2. The number of fused-ring (bicyclic) bond motifs is 1. The lowest BCUT2D eigenvalue weighted by atomic mass is 10.00. The molecule has 3 aromatic carbocycles. The zero-order valence-corrected chi connectivity index (χ0v) is 16.6. The van der Waals surface area contributed by atoms with Crippen LogP contribution in [0.3, 0.4) is 0 Å². The second-order valence-corrected chi connectivity index (χ2v) is 7.06. The maximum absolute atomic E-state index is 12.7. The first-order chi connectivity index (χ1) is 15.2. The third-order valence-corrected chi connectivity index (χ3v) is 4.95. The number of aromatic nitrogens is 2.